The van der Waals surface area contributed by atoms with Crippen molar-refractivity contribution in [3.8, 4) is 0 Å². The van der Waals surface area contributed by atoms with Gasteiger partial charge in [-0.2, -0.15) is 11.8 Å². The number of furan rings is 1. The number of thioether (sulfide) groups is 1. The summed E-state index contributed by atoms with van der Waals surface area (Å²) < 4.78 is 10.4. The number of nitrogens with one attached hydrogen (secondary N) is 4. The Morgan fingerprint density at radius 3 is 2.20 bits per heavy atom. The van der Waals surface area contributed by atoms with Crippen LogP contribution in [-0.2, 0) is 32.3 Å². The first-order chi connectivity index (χ1) is 21.4. The molecule has 5 N–H and O–H groups in total. The van der Waals surface area contributed by atoms with Crippen LogP contribution in [0.5, 0.6) is 0 Å². The maximum Gasteiger partial charge on any atom is 0.408 e. The second kappa shape index (κ2) is 19.8. The maximum atomic E-state index is 13.3. The van der Waals surface area contributed by atoms with Crippen molar-refractivity contribution in [2.24, 2.45) is 17.8 Å². The smallest absolute Gasteiger partial charge is 0.408 e. The van der Waals surface area contributed by atoms with Crippen molar-refractivity contribution in [1.29, 1.82) is 0 Å². The van der Waals surface area contributed by atoms with Crippen LogP contribution in [-0.4, -0.2) is 65.2 Å². The zero-order valence-corrected chi connectivity index (χ0v) is 28.0. The fraction of sp³-hybridized carbons (Fsp3) is 0.576. The number of amides is 4. The summed E-state index contributed by atoms with van der Waals surface area (Å²) >= 11 is 1.53. The molecule has 0 unspecified atom stereocenters. The number of ether oxygens (including phenoxy) is 1. The predicted molar refractivity (Wildman–Crippen MR) is 175 cm³/mol. The number of carbonyl (C=O) groups is 4. The minimum absolute atomic E-state index is 0.0635. The Balaban J connectivity index is 2.00. The molecule has 1 heterocycles. The number of carbonyl (C=O) groups excluding carboxylic acids is 4. The Hall–Kier alpha value is -3.51. The molecule has 0 radical (unpaired) electrons. The molecule has 0 aliphatic rings. The Kier molecular flexibility index (Phi) is 16.6. The fourth-order valence-electron chi connectivity index (χ4n) is 4.68. The molecule has 4 amide bonds. The number of hydrogen-bond donors (Lipinski definition) is 5. The molecule has 11 nitrogen and oxygen atoms in total. The molecule has 250 valence electrons. The first kappa shape index (κ1) is 37.7. The topological polar surface area (TPSA) is 159 Å². The van der Waals surface area contributed by atoms with Gasteiger partial charge in [-0.1, -0.05) is 65.0 Å². The summed E-state index contributed by atoms with van der Waals surface area (Å²) in [7, 11) is 0. The van der Waals surface area contributed by atoms with E-state index in [1.54, 1.807) is 19.1 Å². The van der Waals surface area contributed by atoms with Crippen molar-refractivity contribution in [3.63, 3.8) is 0 Å². The number of alkyl carbamates (subject to hydrolysis) is 1. The highest BCUT2D eigenvalue weighted by atomic mass is 32.2. The Bertz CT molecular complexity index is 1180. The molecular weight excluding hydrogens is 596 g/mol. The second-order valence-electron chi connectivity index (χ2n) is 12.0. The van der Waals surface area contributed by atoms with Gasteiger partial charge in [-0.05, 0) is 60.8 Å². The van der Waals surface area contributed by atoms with E-state index in [4.69, 9.17) is 9.15 Å². The third kappa shape index (κ3) is 14.0. The van der Waals surface area contributed by atoms with Crippen molar-refractivity contribution in [2.75, 3.05) is 12.0 Å². The van der Waals surface area contributed by atoms with Crippen molar-refractivity contribution >= 4 is 35.6 Å². The summed E-state index contributed by atoms with van der Waals surface area (Å²) in [6.07, 6.45) is 2.44. The normalized spacial score (nSPS) is 14.6. The minimum atomic E-state index is -1.05. The lowest BCUT2D eigenvalue weighted by atomic mass is 9.91. The van der Waals surface area contributed by atoms with Gasteiger partial charge in [0.25, 0.3) is 0 Å². The van der Waals surface area contributed by atoms with Crippen molar-refractivity contribution in [1.82, 2.24) is 21.3 Å². The highest BCUT2D eigenvalue weighted by Crippen LogP contribution is 2.17. The lowest BCUT2D eigenvalue weighted by molar-refractivity contribution is -0.132. The standard InChI is InChI=1S/C33H50N4O7S/c1-21(2)17-27(35-31(40)26(14-16-45-6)36-33(42)44-20-25-13-10-15-43-25)28(38)18-23(5)30(39)37-29(22(3)4)32(41)34-19-24-11-8-7-9-12-24/h7-13,15,21-23,26-29,38H,14,16-20H2,1-6H3,(H,34,41)(H,35,40)(H,36,42)(H,37,39)/t23-,26+,27+,28+,29+/m1/s1. The Labute approximate surface area is 271 Å². The summed E-state index contributed by atoms with van der Waals surface area (Å²) in [6.45, 7) is 9.61. The molecule has 1 aromatic carbocycles. The molecule has 2 rings (SSSR count). The van der Waals surface area contributed by atoms with E-state index in [2.05, 4.69) is 21.3 Å². The number of aliphatic hydroxyl groups is 1. The zero-order chi connectivity index (χ0) is 33.4. The van der Waals surface area contributed by atoms with E-state index in [-0.39, 0.29) is 36.7 Å². The highest BCUT2D eigenvalue weighted by molar-refractivity contribution is 7.98. The van der Waals surface area contributed by atoms with Gasteiger partial charge < -0.3 is 35.5 Å². The van der Waals surface area contributed by atoms with E-state index >= 15 is 0 Å². The molecule has 12 heteroatoms. The van der Waals surface area contributed by atoms with Crippen molar-refractivity contribution in [2.45, 2.75) is 91.3 Å². The molecule has 0 fully saturated rings. The van der Waals surface area contributed by atoms with E-state index in [9.17, 15) is 24.3 Å². The van der Waals surface area contributed by atoms with E-state index in [1.165, 1.54) is 18.0 Å². The van der Waals surface area contributed by atoms with Gasteiger partial charge >= 0.3 is 6.09 Å². The fourth-order valence-corrected chi connectivity index (χ4v) is 5.15. The van der Waals surface area contributed by atoms with Gasteiger partial charge in [0.15, 0.2) is 6.61 Å². The maximum absolute atomic E-state index is 13.3. The largest absolute Gasteiger partial charge is 0.466 e. The highest BCUT2D eigenvalue weighted by Gasteiger charge is 2.31. The zero-order valence-electron chi connectivity index (χ0n) is 27.2. The van der Waals surface area contributed by atoms with Crippen LogP contribution in [0.3, 0.4) is 0 Å². The van der Waals surface area contributed by atoms with Gasteiger partial charge in [-0.25, -0.2) is 4.79 Å². The van der Waals surface area contributed by atoms with Crippen molar-refractivity contribution in [3.05, 3.63) is 60.1 Å². The molecule has 0 spiro atoms. The van der Waals surface area contributed by atoms with Gasteiger partial charge in [-0.3, -0.25) is 14.4 Å². The average Bonchev–Trinajstić information content (AvgIpc) is 3.53. The van der Waals surface area contributed by atoms with Crippen LogP contribution in [0.15, 0.2) is 53.1 Å². The van der Waals surface area contributed by atoms with Crippen LogP contribution in [0.1, 0.15) is 65.2 Å². The quantitative estimate of drug-likeness (QED) is 0.153. The molecule has 0 bridgehead atoms. The monoisotopic (exact) mass is 646 g/mol. The third-order valence-corrected chi connectivity index (χ3v) is 7.91. The molecule has 0 saturated heterocycles. The molecule has 5 atom stereocenters. The van der Waals surface area contributed by atoms with Gasteiger partial charge in [0.1, 0.15) is 17.8 Å². The first-order valence-electron chi connectivity index (χ1n) is 15.5. The van der Waals surface area contributed by atoms with E-state index < -0.39 is 42.1 Å². The van der Waals surface area contributed by atoms with E-state index in [0.717, 1.165) is 5.56 Å². The molecular formula is C33H50N4O7S. The van der Waals surface area contributed by atoms with Crippen LogP contribution in [0.2, 0.25) is 0 Å². The van der Waals surface area contributed by atoms with Crippen LogP contribution < -0.4 is 21.3 Å². The molecule has 1 aromatic heterocycles. The van der Waals surface area contributed by atoms with Crippen LogP contribution in [0.4, 0.5) is 4.79 Å². The molecule has 0 aliphatic heterocycles. The lowest BCUT2D eigenvalue weighted by Crippen LogP contribution is -2.54. The number of hydrogen-bond acceptors (Lipinski definition) is 8. The van der Waals surface area contributed by atoms with E-state index in [1.807, 2.05) is 64.3 Å². The third-order valence-electron chi connectivity index (χ3n) is 7.26. The molecule has 0 aliphatic carbocycles. The van der Waals surface area contributed by atoms with Crippen LogP contribution in [0, 0.1) is 17.8 Å². The molecule has 45 heavy (non-hydrogen) atoms. The van der Waals surface area contributed by atoms with Gasteiger partial charge in [-0.15, -0.1) is 0 Å². The number of benzene rings is 1. The molecule has 0 saturated carbocycles. The number of rotatable bonds is 19. The SMILES string of the molecule is CSCC[C@H](NC(=O)OCc1ccco1)C(=O)N[C@@H](CC(C)C)[C@@H](O)C[C@@H](C)C(=O)N[C@H](C(=O)NCc1ccccc1)C(C)C. The van der Waals surface area contributed by atoms with Crippen molar-refractivity contribution < 1.29 is 33.4 Å². The number of aliphatic hydroxyl groups excluding tert-OH is 1. The Morgan fingerprint density at radius 1 is 0.889 bits per heavy atom. The van der Waals surface area contributed by atoms with Crippen LogP contribution in [0.25, 0.3) is 0 Å². The summed E-state index contributed by atoms with van der Waals surface area (Å²) in [5.41, 5.74) is 0.950. The predicted octanol–water partition coefficient (Wildman–Crippen LogP) is 4.00. The summed E-state index contributed by atoms with van der Waals surface area (Å²) in [5.74, 6) is -0.688. The van der Waals surface area contributed by atoms with Gasteiger partial charge in [0.05, 0.1) is 18.4 Å². The van der Waals surface area contributed by atoms with Gasteiger partial charge in [0, 0.05) is 12.5 Å². The second-order valence-corrected chi connectivity index (χ2v) is 13.0. The first-order valence-corrected chi connectivity index (χ1v) is 16.9. The summed E-state index contributed by atoms with van der Waals surface area (Å²) in [4.78, 5) is 51.9. The lowest BCUT2D eigenvalue weighted by Gasteiger charge is -2.30. The van der Waals surface area contributed by atoms with E-state index in [0.29, 0.717) is 30.9 Å². The Morgan fingerprint density at radius 2 is 1.60 bits per heavy atom. The van der Waals surface area contributed by atoms with Gasteiger partial charge in [0.2, 0.25) is 17.7 Å². The summed E-state index contributed by atoms with van der Waals surface area (Å²) in [6, 6.07) is 10.6. The minimum Gasteiger partial charge on any atom is -0.466 e. The van der Waals surface area contributed by atoms with Crippen LogP contribution >= 0.6 is 11.8 Å². The average molecular weight is 647 g/mol. The molecule has 2 aromatic rings. The summed E-state index contributed by atoms with van der Waals surface area (Å²) in [5, 5.41) is 22.5.